The van der Waals surface area contributed by atoms with Crippen LogP contribution in [-0.4, -0.2) is 32.0 Å². The molecule has 0 amide bonds. The molecule has 1 aromatic rings. The molecule has 1 rings (SSSR count). The van der Waals surface area contributed by atoms with Crippen LogP contribution in [0.2, 0.25) is 0 Å². The van der Waals surface area contributed by atoms with E-state index in [-0.39, 0.29) is 22.7 Å². The smallest absolute Gasteiger partial charge is 0.398 e. The van der Waals surface area contributed by atoms with Crippen LogP contribution in [0.25, 0.3) is 0 Å². The molecule has 0 fully saturated rings. The Morgan fingerprint density at radius 1 is 1.25 bits per heavy atom. The number of halogens is 3. The van der Waals surface area contributed by atoms with Gasteiger partial charge in [0.2, 0.25) is 10.0 Å². The summed E-state index contributed by atoms with van der Waals surface area (Å²) in [6, 6.07) is 2.91. The van der Waals surface area contributed by atoms with Gasteiger partial charge in [0.15, 0.2) is 0 Å². The van der Waals surface area contributed by atoms with E-state index in [0.717, 1.165) is 0 Å². The van der Waals surface area contributed by atoms with Crippen LogP contribution < -0.4 is 5.73 Å². The van der Waals surface area contributed by atoms with Crippen molar-refractivity contribution in [1.82, 2.24) is 4.31 Å². The van der Waals surface area contributed by atoms with E-state index in [9.17, 15) is 21.6 Å². The summed E-state index contributed by atoms with van der Waals surface area (Å²) in [5, 5.41) is 0. The van der Waals surface area contributed by atoms with Crippen molar-refractivity contribution in [3.05, 3.63) is 23.3 Å². The molecule has 0 bridgehead atoms. The Bertz CT molecular complexity index is 597. The molecule has 0 aliphatic heterocycles. The van der Waals surface area contributed by atoms with Gasteiger partial charge in [0.05, 0.1) is 4.90 Å². The van der Waals surface area contributed by atoms with Gasteiger partial charge in [-0.05, 0) is 37.1 Å². The van der Waals surface area contributed by atoms with Crippen LogP contribution in [0.4, 0.5) is 18.9 Å². The monoisotopic (exact) mass is 310 g/mol. The fourth-order valence-corrected chi connectivity index (χ4v) is 3.60. The first kappa shape index (κ1) is 16.8. The second-order valence-corrected chi connectivity index (χ2v) is 6.43. The average molecular weight is 310 g/mol. The molecule has 114 valence electrons. The van der Waals surface area contributed by atoms with E-state index in [4.69, 9.17) is 5.73 Å². The summed E-state index contributed by atoms with van der Waals surface area (Å²) in [6.45, 7) is 2.68. The van der Waals surface area contributed by atoms with Crippen LogP contribution in [0.3, 0.4) is 0 Å². The van der Waals surface area contributed by atoms with Gasteiger partial charge in [0.25, 0.3) is 0 Å². The quantitative estimate of drug-likeness (QED) is 0.869. The molecular weight excluding hydrogens is 293 g/mol. The van der Waals surface area contributed by atoms with Crippen LogP contribution in [0.5, 0.6) is 0 Å². The summed E-state index contributed by atoms with van der Waals surface area (Å²) in [5.74, 6) is 0. The van der Waals surface area contributed by atoms with E-state index in [0.29, 0.717) is 9.87 Å². The van der Waals surface area contributed by atoms with Crippen molar-refractivity contribution in [3.8, 4) is 0 Å². The van der Waals surface area contributed by atoms with Crippen LogP contribution in [-0.2, 0) is 10.0 Å². The lowest BCUT2D eigenvalue weighted by molar-refractivity contribution is -0.135. The Morgan fingerprint density at radius 2 is 1.80 bits per heavy atom. The molecule has 0 heterocycles. The first-order valence-corrected chi connectivity index (χ1v) is 7.36. The zero-order valence-corrected chi connectivity index (χ0v) is 12.3. The molecule has 0 saturated carbocycles. The molecule has 0 aliphatic carbocycles. The summed E-state index contributed by atoms with van der Waals surface area (Å²) in [7, 11) is -4.23. The highest BCUT2D eigenvalue weighted by Gasteiger charge is 2.36. The van der Waals surface area contributed by atoms with Gasteiger partial charge >= 0.3 is 6.18 Å². The fraction of sp³-hybridized carbons (Fsp3) is 0.500. The highest BCUT2D eigenvalue weighted by atomic mass is 32.2. The minimum Gasteiger partial charge on any atom is -0.398 e. The number of rotatable bonds is 4. The number of nitrogens with two attached hydrogens (primary N) is 1. The number of nitrogen functional groups attached to an aromatic ring is 1. The molecule has 0 radical (unpaired) electrons. The van der Waals surface area contributed by atoms with Crippen molar-refractivity contribution in [1.29, 1.82) is 0 Å². The highest BCUT2D eigenvalue weighted by Crippen LogP contribution is 2.28. The van der Waals surface area contributed by atoms with Gasteiger partial charge in [-0.15, -0.1) is 0 Å². The predicted octanol–water partition coefficient (Wildman–Crippen LogP) is 2.46. The van der Waals surface area contributed by atoms with Crippen LogP contribution in [0.15, 0.2) is 17.0 Å². The zero-order chi connectivity index (χ0) is 15.7. The molecule has 0 saturated heterocycles. The number of aryl methyl sites for hydroxylation is 1. The van der Waals surface area contributed by atoms with Crippen molar-refractivity contribution in [2.24, 2.45) is 0 Å². The van der Waals surface area contributed by atoms with Crippen molar-refractivity contribution < 1.29 is 21.6 Å². The number of sulfonamides is 1. The van der Waals surface area contributed by atoms with Gasteiger partial charge in [-0.25, -0.2) is 8.42 Å². The third-order valence-corrected chi connectivity index (χ3v) is 4.92. The first-order valence-electron chi connectivity index (χ1n) is 5.92. The van der Waals surface area contributed by atoms with Gasteiger partial charge in [-0.2, -0.15) is 17.5 Å². The molecule has 0 aromatic heterocycles. The maximum Gasteiger partial charge on any atom is 0.402 e. The van der Waals surface area contributed by atoms with Gasteiger partial charge in [0, 0.05) is 12.2 Å². The van der Waals surface area contributed by atoms with E-state index in [1.165, 1.54) is 19.9 Å². The third-order valence-electron chi connectivity index (χ3n) is 2.87. The van der Waals surface area contributed by atoms with Crippen molar-refractivity contribution >= 4 is 15.7 Å². The molecule has 1 aromatic carbocycles. The van der Waals surface area contributed by atoms with Crippen LogP contribution >= 0.6 is 0 Å². The second-order valence-electron chi connectivity index (χ2n) is 4.52. The third kappa shape index (κ3) is 3.63. The molecule has 0 atom stereocenters. The zero-order valence-electron chi connectivity index (χ0n) is 11.5. The second kappa shape index (κ2) is 5.61. The highest BCUT2D eigenvalue weighted by molar-refractivity contribution is 7.89. The van der Waals surface area contributed by atoms with Crippen LogP contribution in [0, 0.1) is 13.8 Å². The first-order chi connectivity index (χ1) is 8.99. The average Bonchev–Trinajstić information content (AvgIpc) is 2.29. The number of hydrogen-bond acceptors (Lipinski definition) is 3. The number of nitrogens with zero attached hydrogens (tertiary/aromatic N) is 1. The minimum atomic E-state index is -4.59. The van der Waals surface area contributed by atoms with E-state index in [1.807, 2.05) is 0 Å². The molecule has 0 spiro atoms. The van der Waals surface area contributed by atoms with Gasteiger partial charge in [-0.3, -0.25) is 0 Å². The standard InChI is InChI=1S/C12H17F3N2O2S/c1-4-17(7-12(13,14)15)20(18,19)11-6-8(2)5-10(16)9(11)3/h5-6H,4,7,16H2,1-3H3. The number of hydrogen-bond donors (Lipinski definition) is 1. The predicted molar refractivity (Wildman–Crippen MR) is 70.8 cm³/mol. The van der Waals surface area contributed by atoms with Gasteiger partial charge in [0.1, 0.15) is 6.54 Å². The number of alkyl halides is 3. The topological polar surface area (TPSA) is 63.4 Å². The van der Waals surface area contributed by atoms with Gasteiger partial charge in [-0.1, -0.05) is 6.92 Å². The van der Waals surface area contributed by atoms with E-state index >= 15 is 0 Å². The van der Waals surface area contributed by atoms with E-state index < -0.39 is 22.7 Å². The number of benzene rings is 1. The lowest BCUT2D eigenvalue weighted by atomic mass is 10.1. The maximum absolute atomic E-state index is 12.5. The summed E-state index contributed by atoms with van der Waals surface area (Å²) in [4.78, 5) is -0.180. The van der Waals surface area contributed by atoms with Crippen molar-refractivity contribution in [2.45, 2.75) is 31.8 Å². The Labute approximate surface area is 116 Å². The molecule has 20 heavy (non-hydrogen) atoms. The van der Waals surface area contributed by atoms with E-state index in [1.54, 1.807) is 13.0 Å². The minimum absolute atomic E-state index is 0.180. The lowest BCUT2D eigenvalue weighted by Crippen LogP contribution is -2.39. The SMILES string of the molecule is CCN(CC(F)(F)F)S(=O)(=O)c1cc(C)cc(N)c1C. The molecule has 8 heteroatoms. The van der Waals surface area contributed by atoms with Crippen molar-refractivity contribution in [3.63, 3.8) is 0 Å². The maximum atomic E-state index is 12.5. The lowest BCUT2D eigenvalue weighted by Gasteiger charge is -2.23. The van der Waals surface area contributed by atoms with Gasteiger partial charge < -0.3 is 5.73 Å². The molecular formula is C12H17F3N2O2S. The Hall–Kier alpha value is -1.28. The molecule has 4 nitrogen and oxygen atoms in total. The Balaban J connectivity index is 3.35. The van der Waals surface area contributed by atoms with Crippen molar-refractivity contribution in [2.75, 3.05) is 18.8 Å². The normalized spacial score (nSPS) is 12.9. The summed E-state index contributed by atoms with van der Waals surface area (Å²) in [6.07, 6.45) is -4.59. The molecule has 0 unspecified atom stereocenters. The summed E-state index contributed by atoms with van der Waals surface area (Å²) in [5.41, 5.74) is 6.76. The molecule has 2 N–H and O–H groups in total. The van der Waals surface area contributed by atoms with Crippen LogP contribution in [0.1, 0.15) is 18.1 Å². The van der Waals surface area contributed by atoms with E-state index in [2.05, 4.69) is 0 Å². The fourth-order valence-electron chi connectivity index (χ4n) is 1.83. The Kier molecular flexibility index (Phi) is 4.70. The largest absolute Gasteiger partial charge is 0.402 e. The molecule has 0 aliphatic rings. The summed E-state index contributed by atoms with van der Waals surface area (Å²) < 4.78 is 62.5. The number of anilines is 1. The Morgan fingerprint density at radius 3 is 2.25 bits per heavy atom. The summed E-state index contributed by atoms with van der Waals surface area (Å²) >= 11 is 0.